The van der Waals surface area contributed by atoms with Gasteiger partial charge in [-0.15, -0.1) is 16.4 Å². The largest absolute Gasteiger partial charge is 0.340 e. The number of hydrogen-bond donors (Lipinski definition) is 2. The molecule has 9 heteroatoms. The number of thiazole rings is 1. The summed E-state index contributed by atoms with van der Waals surface area (Å²) in [5.74, 6) is 0.627. The van der Waals surface area contributed by atoms with Crippen molar-refractivity contribution in [3.8, 4) is 10.6 Å². The van der Waals surface area contributed by atoms with Crippen molar-refractivity contribution in [2.45, 2.75) is 19.3 Å². The Kier molecular flexibility index (Phi) is 4.85. The highest BCUT2D eigenvalue weighted by Gasteiger charge is 2.18. The third kappa shape index (κ3) is 3.71. The molecule has 4 rings (SSSR count). The fourth-order valence-electron chi connectivity index (χ4n) is 2.85. The Morgan fingerprint density at radius 1 is 1.23 bits per heavy atom. The number of nitrogens with zero attached hydrogens (tertiary/aromatic N) is 4. The van der Waals surface area contributed by atoms with Crippen molar-refractivity contribution in [1.29, 1.82) is 0 Å². The van der Waals surface area contributed by atoms with E-state index in [0.29, 0.717) is 22.6 Å². The lowest BCUT2D eigenvalue weighted by molar-refractivity contribution is 0.102. The third-order valence-corrected chi connectivity index (χ3v) is 5.28. The SMILES string of the molecule is O=C(Nc1nc(N2CCCCC2)n[nH]1)c1csc(-c2cccc(Cl)c2)n1. The highest BCUT2D eigenvalue weighted by Crippen LogP contribution is 2.26. The van der Waals surface area contributed by atoms with Gasteiger partial charge in [0.05, 0.1) is 0 Å². The summed E-state index contributed by atoms with van der Waals surface area (Å²) in [4.78, 5) is 23.3. The summed E-state index contributed by atoms with van der Waals surface area (Å²) in [5.41, 5.74) is 1.22. The van der Waals surface area contributed by atoms with E-state index < -0.39 is 0 Å². The number of halogens is 1. The molecule has 1 fully saturated rings. The Morgan fingerprint density at radius 3 is 2.88 bits per heavy atom. The molecular weight excluding hydrogens is 372 g/mol. The maximum atomic E-state index is 12.4. The molecule has 0 spiro atoms. The molecular formula is C17H17ClN6OS. The first-order valence-electron chi connectivity index (χ1n) is 8.39. The zero-order valence-corrected chi connectivity index (χ0v) is 15.5. The first-order valence-corrected chi connectivity index (χ1v) is 9.65. The summed E-state index contributed by atoms with van der Waals surface area (Å²) < 4.78 is 0. The highest BCUT2D eigenvalue weighted by atomic mass is 35.5. The van der Waals surface area contributed by atoms with Crippen molar-refractivity contribution in [3.05, 3.63) is 40.4 Å². The van der Waals surface area contributed by atoms with Crippen LogP contribution in [0, 0.1) is 0 Å². The van der Waals surface area contributed by atoms with E-state index in [0.717, 1.165) is 36.5 Å². The zero-order valence-electron chi connectivity index (χ0n) is 13.9. The van der Waals surface area contributed by atoms with Crippen LogP contribution in [0.1, 0.15) is 29.8 Å². The first kappa shape index (κ1) is 17.0. The summed E-state index contributed by atoms with van der Waals surface area (Å²) in [6.45, 7) is 1.89. The van der Waals surface area contributed by atoms with Crippen molar-refractivity contribution in [3.63, 3.8) is 0 Å². The number of H-pyrrole nitrogens is 1. The van der Waals surface area contributed by atoms with Gasteiger partial charge in [-0.25, -0.2) is 10.1 Å². The number of hydrogen-bond acceptors (Lipinski definition) is 6. The van der Waals surface area contributed by atoms with Gasteiger partial charge in [0.2, 0.25) is 11.9 Å². The minimum Gasteiger partial charge on any atom is -0.340 e. The fourth-order valence-corrected chi connectivity index (χ4v) is 3.84. The number of anilines is 2. The van der Waals surface area contributed by atoms with E-state index in [9.17, 15) is 4.79 Å². The van der Waals surface area contributed by atoms with Crippen LogP contribution in [0.3, 0.4) is 0 Å². The maximum absolute atomic E-state index is 12.4. The average Bonchev–Trinajstić information content (AvgIpc) is 3.32. The number of nitrogens with one attached hydrogen (secondary N) is 2. The van der Waals surface area contributed by atoms with Crippen LogP contribution >= 0.6 is 22.9 Å². The molecule has 2 N–H and O–H groups in total. The molecule has 3 heterocycles. The second-order valence-electron chi connectivity index (χ2n) is 6.03. The molecule has 0 saturated carbocycles. The third-order valence-electron chi connectivity index (χ3n) is 4.15. The molecule has 26 heavy (non-hydrogen) atoms. The van der Waals surface area contributed by atoms with Crippen LogP contribution in [0.2, 0.25) is 5.02 Å². The molecule has 1 aliphatic heterocycles. The molecule has 134 valence electrons. The Bertz CT molecular complexity index is 917. The van der Waals surface area contributed by atoms with E-state index in [-0.39, 0.29) is 5.91 Å². The van der Waals surface area contributed by atoms with Gasteiger partial charge in [-0.2, -0.15) is 4.98 Å². The van der Waals surface area contributed by atoms with Gasteiger partial charge in [-0.3, -0.25) is 10.1 Å². The van der Waals surface area contributed by atoms with Gasteiger partial charge in [-0.1, -0.05) is 23.7 Å². The van der Waals surface area contributed by atoms with Crippen LogP contribution in [0.5, 0.6) is 0 Å². The second-order valence-corrected chi connectivity index (χ2v) is 7.33. The zero-order chi connectivity index (χ0) is 17.9. The molecule has 0 radical (unpaired) electrons. The summed E-state index contributed by atoms with van der Waals surface area (Å²) >= 11 is 7.41. The highest BCUT2D eigenvalue weighted by molar-refractivity contribution is 7.13. The van der Waals surface area contributed by atoms with Gasteiger partial charge in [0, 0.05) is 29.1 Å². The van der Waals surface area contributed by atoms with Crippen molar-refractivity contribution in [1.82, 2.24) is 20.2 Å². The Balaban J connectivity index is 1.45. The minimum atomic E-state index is -0.323. The Morgan fingerprint density at radius 2 is 2.08 bits per heavy atom. The maximum Gasteiger partial charge on any atom is 0.277 e. The molecule has 0 atom stereocenters. The van der Waals surface area contributed by atoms with Crippen molar-refractivity contribution in [2.75, 3.05) is 23.3 Å². The number of piperidine rings is 1. The van der Waals surface area contributed by atoms with Gasteiger partial charge >= 0.3 is 0 Å². The van der Waals surface area contributed by atoms with Crippen LogP contribution in [0.25, 0.3) is 10.6 Å². The molecule has 0 unspecified atom stereocenters. The standard InChI is InChI=1S/C17H17ClN6OS/c18-12-6-4-5-11(9-12)15-19-13(10-26-15)14(25)20-16-21-17(23-22-16)24-7-2-1-3-8-24/h4-6,9-10H,1-3,7-8H2,(H2,20,21,22,23,25). The molecule has 1 saturated heterocycles. The minimum absolute atomic E-state index is 0.323. The van der Waals surface area contributed by atoms with Crippen LogP contribution in [0.4, 0.5) is 11.9 Å². The molecule has 1 amide bonds. The van der Waals surface area contributed by atoms with E-state index in [1.54, 1.807) is 11.4 Å². The van der Waals surface area contributed by atoms with E-state index in [1.807, 2.05) is 18.2 Å². The summed E-state index contributed by atoms with van der Waals surface area (Å²) in [5, 5.41) is 12.8. The number of benzene rings is 1. The lowest BCUT2D eigenvalue weighted by atomic mass is 10.1. The predicted molar refractivity (Wildman–Crippen MR) is 103 cm³/mol. The smallest absolute Gasteiger partial charge is 0.277 e. The number of carbonyl (C=O) groups excluding carboxylic acids is 1. The van der Waals surface area contributed by atoms with Crippen molar-refractivity contribution < 1.29 is 4.79 Å². The number of aromatic amines is 1. The molecule has 0 bridgehead atoms. The van der Waals surface area contributed by atoms with Gasteiger partial charge in [0.25, 0.3) is 5.91 Å². The van der Waals surface area contributed by atoms with Crippen LogP contribution in [0.15, 0.2) is 29.6 Å². The molecule has 0 aliphatic carbocycles. The van der Waals surface area contributed by atoms with Gasteiger partial charge in [0.15, 0.2) is 0 Å². The topological polar surface area (TPSA) is 86.8 Å². The molecule has 1 aliphatic rings. The van der Waals surface area contributed by atoms with Crippen molar-refractivity contribution >= 4 is 40.7 Å². The van der Waals surface area contributed by atoms with Gasteiger partial charge in [0.1, 0.15) is 10.7 Å². The number of amides is 1. The quantitative estimate of drug-likeness (QED) is 0.709. The lowest BCUT2D eigenvalue weighted by Gasteiger charge is -2.24. The van der Waals surface area contributed by atoms with E-state index in [1.165, 1.54) is 17.8 Å². The molecule has 1 aromatic carbocycles. The summed E-state index contributed by atoms with van der Waals surface area (Å²) in [7, 11) is 0. The summed E-state index contributed by atoms with van der Waals surface area (Å²) in [6.07, 6.45) is 3.52. The van der Waals surface area contributed by atoms with E-state index in [4.69, 9.17) is 11.6 Å². The number of carbonyl (C=O) groups is 1. The van der Waals surface area contributed by atoms with E-state index >= 15 is 0 Å². The number of aromatic nitrogens is 4. The monoisotopic (exact) mass is 388 g/mol. The van der Waals surface area contributed by atoms with Gasteiger partial charge < -0.3 is 4.90 Å². The van der Waals surface area contributed by atoms with Crippen LogP contribution < -0.4 is 10.2 Å². The fraction of sp³-hybridized carbons (Fsp3) is 0.294. The Hall–Kier alpha value is -2.45. The normalized spacial score (nSPS) is 14.4. The average molecular weight is 389 g/mol. The second kappa shape index (κ2) is 7.43. The lowest BCUT2D eigenvalue weighted by Crippen LogP contribution is -2.30. The molecule has 3 aromatic rings. The van der Waals surface area contributed by atoms with Gasteiger partial charge in [-0.05, 0) is 31.4 Å². The van der Waals surface area contributed by atoms with Crippen LogP contribution in [-0.4, -0.2) is 39.2 Å². The Labute approximate surface area is 159 Å². The molecule has 2 aromatic heterocycles. The van der Waals surface area contributed by atoms with E-state index in [2.05, 4.69) is 30.4 Å². The summed E-state index contributed by atoms with van der Waals surface area (Å²) in [6, 6.07) is 7.39. The predicted octanol–water partition coefficient (Wildman–Crippen LogP) is 3.82. The molecule has 7 nitrogen and oxygen atoms in total. The van der Waals surface area contributed by atoms with Crippen LogP contribution in [-0.2, 0) is 0 Å². The number of rotatable bonds is 4. The first-order chi connectivity index (χ1) is 12.7. The van der Waals surface area contributed by atoms with Crippen molar-refractivity contribution in [2.24, 2.45) is 0 Å².